The number of hydrogen-bond donors (Lipinski definition) is 3. The average molecular weight is 482 g/mol. The summed E-state index contributed by atoms with van der Waals surface area (Å²) in [6.07, 6.45) is 2.86. The van der Waals surface area contributed by atoms with E-state index in [-0.39, 0.29) is 49.1 Å². The van der Waals surface area contributed by atoms with E-state index in [1.54, 1.807) is 6.07 Å². The Morgan fingerprint density at radius 3 is 2.37 bits per heavy atom. The molecule has 8 nitrogen and oxygen atoms in total. The van der Waals surface area contributed by atoms with Crippen LogP contribution in [0.5, 0.6) is 0 Å². The molecule has 2 aromatic rings. The normalized spacial score (nSPS) is 22.1. The zero-order valence-electron chi connectivity index (χ0n) is 19.7. The quantitative estimate of drug-likeness (QED) is 0.590. The molecule has 0 radical (unpaired) electrons. The minimum atomic E-state index is -1.07. The molecule has 1 atom stereocenters. The zero-order chi connectivity index (χ0) is 24.8. The van der Waals surface area contributed by atoms with E-state index in [1.165, 1.54) is 28.0 Å². The summed E-state index contributed by atoms with van der Waals surface area (Å²) >= 11 is 0. The topological polar surface area (TPSA) is 108 Å². The summed E-state index contributed by atoms with van der Waals surface area (Å²) in [6.45, 7) is 0.448. The summed E-state index contributed by atoms with van der Waals surface area (Å²) < 4.78 is 13.6. The van der Waals surface area contributed by atoms with Crippen LogP contribution in [0.25, 0.3) is 0 Å². The number of rotatable bonds is 6. The minimum Gasteiger partial charge on any atom is -0.350 e. The first-order chi connectivity index (χ1) is 16.9. The van der Waals surface area contributed by atoms with Gasteiger partial charge in [-0.25, -0.2) is 9.18 Å². The maximum Gasteiger partial charge on any atom is 0.323 e. The standard InChI is InChI=1S/C26H32FN5O3/c27-19-7-4-8-22(17-19)30-26(35)32-16-15-31(23(33)14-9-18-5-2-1-3-6-18)25(32)24(34)29-21-12-10-20(28)11-13-21/h1-8,17,20-21,25H,9-16,28H2,(H,29,34)(H,30,35). The highest BCUT2D eigenvalue weighted by atomic mass is 19.1. The van der Waals surface area contributed by atoms with Crippen LogP contribution < -0.4 is 16.4 Å². The first-order valence-corrected chi connectivity index (χ1v) is 12.1. The van der Waals surface area contributed by atoms with Crippen LogP contribution in [-0.4, -0.2) is 59.0 Å². The summed E-state index contributed by atoms with van der Waals surface area (Å²) in [5, 5.41) is 5.68. The Kier molecular flexibility index (Phi) is 7.97. The number of nitrogens with zero attached hydrogens (tertiary/aromatic N) is 2. The Hall–Kier alpha value is -3.46. The molecule has 0 bridgehead atoms. The van der Waals surface area contributed by atoms with Crippen molar-refractivity contribution in [3.05, 3.63) is 66.0 Å². The van der Waals surface area contributed by atoms with Crippen LogP contribution in [0.3, 0.4) is 0 Å². The number of carbonyl (C=O) groups excluding carboxylic acids is 3. The third kappa shape index (κ3) is 6.36. The monoisotopic (exact) mass is 481 g/mol. The van der Waals surface area contributed by atoms with Crippen molar-refractivity contribution in [2.24, 2.45) is 5.73 Å². The number of anilines is 1. The Bertz CT molecular complexity index is 1040. The van der Waals surface area contributed by atoms with Crippen LogP contribution in [-0.2, 0) is 16.0 Å². The number of amides is 4. The second-order valence-corrected chi connectivity index (χ2v) is 9.20. The molecular weight excluding hydrogens is 449 g/mol. The molecule has 1 saturated heterocycles. The number of benzene rings is 2. The second-order valence-electron chi connectivity index (χ2n) is 9.20. The van der Waals surface area contributed by atoms with Crippen LogP contribution in [0.2, 0.25) is 0 Å². The molecule has 4 N–H and O–H groups in total. The molecule has 0 spiro atoms. The predicted molar refractivity (Wildman–Crippen MR) is 131 cm³/mol. The molecule has 9 heteroatoms. The second kappa shape index (κ2) is 11.3. The van der Waals surface area contributed by atoms with Gasteiger partial charge in [0.2, 0.25) is 5.91 Å². The summed E-state index contributed by atoms with van der Waals surface area (Å²) in [5.74, 6) is -1.06. The summed E-state index contributed by atoms with van der Waals surface area (Å²) in [6, 6.07) is 14.7. The minimum absolute atomic E-state index is 0.0442. The van der Waals surface area contributed by atoms with Gasteiger partial charge in [-0.15, -0.1) is 0 Å². The lowest BCUT2D eigenvalue weighted by atomic mass is 9.92. The van der Waals surface area contributed by atoms with Gasteiger partial charge in [-0.05, 0) is 55.9 Å². The number of nitrogens with one attached hydrogen (secondary N) is 2. The molecular formula is C26H32FN5O3. The fourth-order valence-electron chi connectivity index (χ4n) is 4.73. The van der Waals surface area contributed by atoms with Crippen molar-refractivity contribution in [3.8, 4) is 0 Å². The molecule has 1 aliphatic heterocycles. The fraction of sp³-hybridized carbons (Fsp3) is 0.423. The predicted octanol–water partition coefficient (Wildman–Crippen LogP) is 2.85. The third-order valence-corrected chi connectivity index (χ3v) is 6.65. The van der Waals surface area contributed by atoms with E-state index in [2.05, 4.69) is 10.6 Å². The third-order valence-electron chi connectivity index (χ3n) is 6.65. The maximum absolute atomic E-state index is 13.6. The van der Waals surface area contributed by atoms with Gasteiger partial charge in [-0.3, -0.25) is 14.5 Å². The molecule has 1 saturated carbocycles. The van der Waals surface area contributed by atoms with E-state index in [4.69, 9.17) is 5.73 Å². The van der Waals surface area contributed by atoms with E-state index in [0.717, 1.165) is 31.2 Å². The highest BCUT2D eigenvalue weighted by Gasteiger charge is 2.43. The van der Waals surface area contributed by atoms with E-state index >= 15 is 0 Å². The van der Waals surface area contributed by atoms with Crippen LogP contribution in [0.1, 0.15) is 37.7 Å². The Balaban J connectivity index is 1.47. The van der Waals surface area contributed by atoms with Crippen LogP contribution in [0.15, 0.2) is 54.6 Å². The van der Waals surface area contributed by atoms with Gasteiger partial charge in [0, 0.05) is 37.3 Å². The first-order valence-electron chi connectivity index (χ1n) is 12.1. The highest BCUT2D eigenvalue weighted by Crippen LogP contribution is 2.22. The molecule has 2 aliphatic rings. The molecule has 1 heterocycles. The van der Waals surface area contributed by atoms with Crippen molar-refractivity contribution >= 4 is 23.5 Å². The van der Waals surface area contributed by atoms with Crippen LogP contribution in [0, 0.1) is 5.82 Å². The van der Waals surface area contributed by atoms with E-state index < -0.39 is 18.0 Å². The number of hydrogen-bond acceptors (Lipinski definition) is 4. The molecule has 2 aromatic carbocycles. The van der Waals surface area contributed by atoms with E-state index in [1.807, 2.05) is 30.3 Å². The zero-order valence-corrected chi connectivity index (χ0v) is 19.7. The molecule has 0 aromatic heterocycles. The van der Waals surface area contributed by atoms with E-state index in [9.17, 15) is 18.8 Å². The van der Waals surface area contributed by atoms with Crippen molar-refractivity contribution in [2.45, 2.75) is 56.8 Å². The molecule has 1 aliphatic carbocycles. The number of urea groups is 1. The van der Waals surface area contributed by atoms with Crippen molar-refractivity contribution < 1.29 is 18.8 Å². The number of carbonyl (C=O) groups is 3. The van der Waals surface area contributed by atoms with Gasteiger partial charge in [0.1, 0.15) is 5.82 Å². The summed E-state index contributed by atoms with van der Waals surface area (Å²) in [7, 11) is 0. The average Bonchev–Trinajstić information content (AvgIpc) is 3.30. The lowest BCUT2D eigenvalue weighted by Gasteiger charge is -2.32. The van der Waals surface area contributed by atoms with Crippen molar-refractivity contribution in [1.82, 2.24) is 15.1 Å². The highest BCUT2D eigenvalue weighted by molar-refractivity contribution is 5.96. The van der Waals surface area contributed by atoms with Crippen LogP contribution >= 0.6 is 0 Å². The van der Waals surface area contributed by atoms with Gasteiger partial charge >= 0.3 is 6.03 Å². The van der Waals surface area contributed by atoms with Crippen LogP contribution in [0.4, 0.5) is 14.9 Å². The Morgan fingerprint density at radius 1 is 0.943 bits per heavy atom. The van der Waals surface area contributed by atoms with Gasteiger partial charge < -0.3 is 21.3 Å². The van der Waals surface area contributed by atoms with Gasteiger partial charge in [-0.1, -0.05) is 36.4 Å². The summed E-state index contributed by atoms with van der Waals surface area (Å²) in [4.78, 5) is 42.4. The first kappa shape index (κ1) is 24.7. The Morgan fingerprint density at radius 2 is 1.66 bits per heavy atom. The molecule has 186 valence electrons. The number of halogens is 1. The molecule has 4 rings (SSSR count). The van der Waals surface area contributed by atoms with Crippen molar-refractivity contribution in [2.75, 3.05) is 18.4 Å². The van der Waals surface area contributed by atoms with Gasteiger partial charge in [0.25, 0.3) is 5.91 Å². The number of nitrogens with two attached hydrogens (primary N) is 1. The lowest BCUT2D eigenvalue weighted by molar-refractivity contribution is -0.141. The van der Waals surface area contributed by atoms with Gasteiger partial charge in [0.05, 0.1) is 0 Å². The van der Waals surface area contributed by atoms with E-state index in [0.29, 0.717) is 6.42 Å². The molecule has 35 heavy (non-hydrogen) atoms. The van der Waals surface area contributed by atoms with Gasteiger partial charge in [-0.2, -0.15) is 0 Å². The van der Waals surface area contributed by atoms with Crippen molar-refractivity contribution in [3.63, 3.8) is 0 Å². The SMILES string of the molecule is NC1CCC(NC(=O)C2N(C(=O)CCc3ccccc3)CCN2C(=O)Nc2cccc(F)c2)CC1. The molecule has 1 unspecified atom stereocenters. The van der Waals surface area contributed by atoms with Crippen molar-refractivity contribution in [1.29, 1.82) is 0 Å². The number of aryl methyl sites for hydroxylation is 1. The molecule has 2 fully saturated rings. The fourth-order valence-corrected chi connectivity index (χ4v) is 4.73. The largest absolute Gasteiger partial charge is 0.350 e. The lowest BCUT2D eigenvalue weighted by Crippen LogP contribution is -2.56. The maximum atomic E-state index is 13.6. The Labute approximate surface area is 204 Å². The summed E-state index contributed by atoms with van der Waals surface area (Å²) in [5.41, 5.74) is 7.30. The smallest absolute Gasteiger partial charge is 0.323 e. The molecule has 4 amide bonds. The van der Waals surface area contributed by atoms with Gasteiger partial charge in [0.15, 0.2) is 6.17 Å².